The van der Waals surface area contributed by atoms with Gasteiger partial charge in [0.05, 0.1) is 23.8 Å². The number of ether oxygens (including phenoxy) is 1. The molecule has 2 aromatic rings. The van der Waals surface area contributed by atoms with Crippen LogP contribution in [0.25, 0.3) is 11.0 Å². The Bertz CT molecular complexity index is 1050. The van der Waals surface area contributed by atoms with Crippen molar-refractivity contribution >= 4 is 22.8 Å². The minimum absolute atomic E-state index is 0.348. The summed E-state index contributed by atoms with van der Waals surface area (Å²) in [5.74, 6) is -0.129. The van der Waals surface area contributed by atoms with E-state index in [4.69, 9.17) is 9.15 Å². The van der Waals surface area contributed by atoms with Crippen molar-refractivity contribution in [2.24, 2.45) is 17.3 Å². The molecule has 2 N–H and O–H groups in total. The number of carboxylic acids is 1. The predicted octanol–water partition coefficient (Wildman–Crippen LogP) is 6.35. The van der Waals surface area contributed by atoms with Crippen molar-refractivity contribution in [2.45, 2.75) is 77.7 Å². The average molecular weight is 468 g/mol. The normalized spacial score (nSPS) is 24.6. The minimum atomic E-state index is -1.02. The van der Waals surface area contributed by atoms with Crippen LogP contribution in [0.3, 0.4) is 0 Å². The molecule has 0 radical (unpaired) electrons. The van der Waals surface area contributed by atoms with Crippen molar-refractivity contribution in [1.29, 1.82) is 0 Å². The summed E-state index contributed by atoms with van der Waals surface area (Å²) in [5, 5.41) is 13.7. The second-order valence-corrected chi connectivity index (χ2v) is 10.6. The summed E-state index contributed by atoms with van der Waals surface area (Å²) in [6, 6.07) is 4.20. The number of carbonyl (C=O) groups is 2. The third-order valence-corrected chi connectivity index (χ3v) is 7.80. The molecular formula is C28H37NO5. The van der Waals surface area contributed by atoms with Gasteiger partial charge in [0.25, 0.3) is 5.91 Å². The fourth-order valence-electron chi connectivity index (χ4n) is 6.01. The first kappa shape index (κ1) is 24.4. The minimum Gasteiger partial charge on any atom is -0.492 e. The van der Waals surface area contributed by atoms with Gasteiger partial charge >= 0.3 is 5.97 Å². The largest absolute Gasteiger partial charge is 0.492 e. The van der Waals surface area contributed by atoms with Crippen LogP contribution in [0.1, 0.15) is 82.0 Å². The van der Waals surface area contributed by atoms with E-state index in [0.29, 0.717) is 41.8 Å². The molecule has 2 fully saturated rings. The van der Waals surface area contributed by atoms with Gasteiger partial charge in [0.1, 0.15) is 17.4 Å². The number of benzene rings is 1. The lowest BCUT2D eigenvalue weighted by atomic mass is 9.64. The fourth-order valence-corrected chi connectivity index (χ4v) is 6.01. The third kappa shape index (κ3) is 5.16. The Morgan fingerprint density at radius 2 is 2.00 bits per heavy atom. The molecule has 2 unspecified atom stereocenters. The molecule has 0 spiro atoms. The lowest BCUT2D eigenvalue weighted by Gasteiger charge is -2.43. The molecular weight excluding hydrogens is 430 g/mol. The molecule has 4 rings (SSSR count). The van der Waals surface area contributed by atoms with Gasteiger partial charge < -0.3 is 19.6 Å². The van der Waals surface area contributed by atoms with Gasteiger partial charge in [-0.3, -0.25) is 4.79 Å². The zero-order valence-corrected chi connectivity index (χ0v) is 20.4. The Morgan fingerprint density at radius 1 is 1.24 bits per heavy atom. The number of carboxylic acid groups (broad SMARTS) is 1. The Kier molecular flexibility index (Phi) is 7.34. The van der Waals surface area contributed by atoms with Crippen LogP contribution in [-0.2, 0) is 4.79 Å². The van der Waals surface area contributed by atoms with Gasteiger partial charge in [0.15, 0.2) is 0 Å². The number of hydrogen-bond donors (Lipinski definition) is 2. The van der Waals surface area contributed by atoms with Crippen LogP contribution in [0.4, 0.5) is 0 Å². The number of aliphatic carboxylic acids is 1. The number of rotatable bonds is 8. The van der Waals surface area contributed by atoms with E-state index >= 15 is 0 Å². The van der Waals surface area contributed by atoms with Crippen LogP contribution in [0, 0.1) is 17.3 Å². The molecule has 184 valence electrons. The van der Waals surface area contributed by atoms with Gasteiger partial charge in [-0.1, -0.05) is 51.7 Å². The molecule has 1 amide bonds. The number of nitrogens with one attached hydrogen (secondary N) is 1. The van der Waals surface area contributed by atoms with Gasteiger partial charge in [-0.25, -0.2) is 4.79 Å². The highest BCUT2D eigenvalue weighted by Gasteiger charge is 2.44. The molecule has 2 aliphatic rings. The van der Waals surface area contributed by atoms with Crippen LogP contribution in [0.15, 0.2) is 41.0 Å². The standard InChI is InChI=1S/C28H37NO5/c1-4-19-14-18(2)15-28(3,16-19)25(27(31)32)29-26(30)22-10-11-23-21(12-13-33-23)24(22)34-17-20-8-6-5-7-9-20/h10-13,19-20,25H,2,4-9,14-17H2,1,3H3,(H,29,30)(H,31,32)/t19?,25?,28-/m1/s1. The topological polar surface area (TPSA) is 88.8 Å². The molecule has 2 saturated carbocycles. The summed E-state index contributed by atoms with van der Waals surface area (Å²) < 4.78 is 11.8. The molecule has 1 aromatic carbocycles. The lowest BCUT2D eigenvalue weighted by molar-refractivity contribution is -0.143. The van der Waals surface area contributed by atoms with E-state index in [1.807, 2.05) is 6.92 Å². The van der Waals surface area contributed by atoms with E-state index in [-0.39, 0.29) is 0 Å². The Balaban J connectivity index is 1.59. The van der Waals surface area contributed by atoms with Crippen LogP contribution >= 0.6 is 0 Å². The predicted molar refractivity (Wildman–Crippen MR) is 132 cm³/mol. The maximum Gasteiger partial charge on any atom is 0.326 e. The van der Waals surface area contributed by atoms with Crippen molar-refractivity contribution < 1.29 is 23.8 Å². The van der Waals surface area contributed by atoms with Crippen molar-refractivity contribution in [1.82, 2.24) is 5.32 Å². The Hall–Kier alpha value is -2.76. The zero-order valence-electron chi connectivity index (χ0n) is 20.4. The van der Waals surface area contributed by atoms with Gasteiger partial charge in [-0.15, -0.1) is 0 Å². The second kappa shape index (κ2) is 10.2. The van der Waals surface area contributed by atoms with Crippen LogP contribution < -0.4 is 10.1 Å². The number of amides is 1. The highest BCUT2D eigenvalue weighted by Crippen LogP contribution is 2.45. The lowest BCUT2D eigenvalue weighted by Crippen LogP contribution is -2.53. The van der Waals surface area contributed by atoms with Gasteiger partial charge in [-0.2, -0.15) is 0 Å². The second-order valence-electron chi connectivity index (χ2n) is 10.6. The highest BCUT2D eigenvalue weighted by atomic mass is 16.5. The number of furan rings is 1. The summed E-state index contributed by atoms with van der Waals surface area (Å²) in [5.41, 5.74) is 1.45. The van der Waals surface area contributed by atoms with E-state index in [0.717, 1.165) is 43.1 Å². The first-order valence-corrected chi connectivity index (χ1v) is 12.6. The van der Waals surface area contributed by atoms with Crippen LogP contribution in [0.2, 0.25) is 0 Å². The van der Waals surface area contributed by atoms with E-state index in [1.165, 1.54) is 19.3 Å². The monoisotopic (exact) mass is 467 g/mol. The quantitative estimate of drug-likeness (QED) is 0.442. The highest BCUT2D eigenvalue weighted by molar-refractivity contribution is 6.04. The third-order valence-electron chi connectivity index (χ3n) is 7.80. The van der Waals surface area contributed by atoms with E-state index < -0.39 is 23.3 Å². The van der Waals surface area contributed by atoms with E-state index in [2.05, 4.69) is 18.8 Å². The summed E-state index contributed by atoms with van der Waals surface area (Å²) in [4.78, 5) is 25.9. The van der Waals surface area contributed by atoms with Crippen LogP contribution in [-0.4, -0.2) is 29.6 Å². The van der Waals surface area contributed by atoms with Gasteiger partial charge in [0.2, 0.25) is 0 Å². The maximum atomic E-state index is 13.5. The summed E-state index contributed by atoms with van der Waals surface area (Å²) in [6.45, 7) is 8.78. The number of carbonyl (C=O) groups excluding carboxylic acids is 1. The van der Waals surface area contributed by atoms with Gasteiger partial charge in [0, 0.05) is 5.41 Å². The van der Waals surface area contributed by atoms with Gasteiger partial charge in [-0.05, 0) is 62.1 Å². The molecule has 1 heterocycles. The molecule has 1 aromatic heterocycles. The molecule has 0 bridgehead atoms. The fraction of sp³-hybridized carbons (Fsp3) is 0.571. The van der Waals surface area contributed by atoms with E-state index in [1.54, 1.807) is 24.5 Å². The van der Waals surface area contributed by atoms with Crippen molar-refractivity contribution in [2.75, 3.05) is 6.61 Å². The van der Waals surface area contributed by atoms with E-state index in [9.17, 15) is 14.7 Å². The zero-order chi connectivity index (χ0) is 24.3. The van der Waals surface area contributed by atoms with Crippen molar-refractivity contribution in [3.05, 3.63) is 42.2 Å². The van der Waals surface area contributed by atoms with Crippen molar-refractivity contribution in [3.8, 4) is 5.75 Å². The number of allylic oxidation sites excluding steroid dienone is 1. The molecule has 2 aliphatic carbocycles. The Morgan fingerprint density at radius 3 is 2.71 bits per heavy atom. The smallest absolute Gasteiger partial charge is 0.326 e. The first-order valence-electron chi connectivity index (χ1n) is 12.6. The van der Waals surface area contributed by atoms with Crippen LogP contribution in [0.5, 0.6) is 5.75 Å². The summed E-state index contributed by atoms with van der Waals surface area (Å²) in [7, 11) is 0. The molecule has 6 heteroatoms. The number of hydrogen-bond acceptors (Lipinski definition) is 4. The summed E-state index contributed by atoms with van der Waals surface area (Å²) in [6.07, 6.45) is 10.7. The Labute approximate surface area is 201 Å². The van der Waals surface area contributed by atoms with Crippen molar-refractivity contribution in [3.63, 3.8) is 0 Å². The maximum absolute atomic E-state index is 13.5. The molecule has 6 nitrogen and oxygen atoms in total. The molecule has 0 aliphatic heterocycles. The summed E-state index contributed by atoms with van der Waals surface area (Å²) >= 11 is 0. The molecule has 0 saturated heterocycles. The first-order chi connectivity index (χ1) is 16.3. The average Bonchev–Trinajstić information content (AvgIpc) is 3.29. The molecule has 34 heavy (non-hydrogen) atoms. The SMILES string of the molecule is C=C1CC(CC)C[C@](C)(C(NC(=O)c2ccc3occc3c2OCC2CCCCC2)C(=O)O)C1. The molecule has 3 atom stereocenters. The number of fused-ring (bicyclic) bond motifs is 1.